The Kier molecular flexibility index (Phi) is 3.50. The van der Waals surface area contributed by atoms with E-state index in [9.17, 15) is 0 Å². The Morgan fingerprint density at radius 2 is 0.935 bits per heavy atom. The Labute approximate surface area is 184 Å². The van der Waals surface area contributed by atoms with E-state index in [0.29, 0.717) is 0 Å². The highest BCUT2D eigenvalue weighted by Crippen LogP contribution is 2.52. The smallest absolute Gasteiger partial charge is 0.0317 e. The minimum atomic E-state index is -0.0533. The summed E-state index contributed by atoms with van der Waals surface area (Å²) in [5.74, 6) is 0. The molecule has 0 radical (unpaired) electrons. The largest absolute Gasteiger partial charge is 0.399 e. The van der Waals surface area contributed by atoms with Gasteiger partial charge in [0.25, 0.3) is 0 Å². The Balaban J connectivity index is 1.50. The van der Waals surface area contributed by atoms with Crippen LogP contribution in [0.1, 0.15) is 49.9 Å². The molecule has 0 aliphatic heterocycles. The van der Waals surface area contributed by atoms with Crippen LogP contribution in [-0.4, -0.2) is 0 Å². The number of anilines is 1. The first-order valence-electron chi connectivity index (χ1n) is 11.1. The Hall–Kier alpha value is -3.32. The molecular weight excluding hydrogens is 374 g/mol. The number of fused-ring (bicyclic) bond motifs is 6. The molecule has 6 rings (SSSR count). The van der Waals surface area contributed by atoms with Gasteiger partial charge in [0.2, 0.25) is 0 Å². The summed E-state index contributed by atoms with van der Waals surface area (Å²) in [4.78, 5) is 0. The number of hydrogen-bond acceptors (Lipinski definition) is 1. The van der Waals surface area contributed by atoms with Crippen LogP contribution < -0.4 is 5.73 Å². The minimum Gasteiger partial charge on any atom is -0.399 e. The molecule has 1 heteroatoms. The summed E-state index contributed by atoms with van der Waals surface area (Å²) in [6.45, 7) is 9.30. The molecule has 0 saturated heterocycles. The van der Waals surface area contributed by atoms with Crippen LogP contribution in [0.25, 0.3) is 33.4 Å². The summed E-state index contributed by atoms with van der Waals surface area (Å²) in [6, 6.07) is 29.1. The van der Waals surface area contributed by atoms with Crippen molar-refractivity contribution in [2.45, 2.75) is 38.5 Å². The zero-order chi connectivity index (χ0) is 21.5. The van der Waals surface area contributed by atoms with Crippen LogP contribution in [0, 0.1) is 0 Å². The van der Waals surface area contributed by atoms with Gasteiger partial charge >= 0.3 is 0 Å². The number of nitrogens with two attached hydrogens (primary N) is 1. The van der Waals surface area contributed by atoms with Crippen LogP contribution in [0.2, 0.25) is 0 Å². The summed E-state index contributed by atoms with van der Waals surface area (Å²) < 4.78 is 0. The predicted octanol–water partition coefficient (Wildman–Crippen LogP) is 7.55. The highest BCUT2D eigenvalue weighted by molar-refractivity contribution is 5.87. The van der Waals surface area contributed by atoms with E-state index in [4.69, 9.17) is 5.73 Å². The van der Waals surface area contributed by atoms with Gasteiger partial charge in [0.15, 0.2) is 0 Å². The normalized spacial score (nSPS) is 16.4. The van der Waals surface area contributed by atoms with Crippen molar-refractivity contribution in [1.82, 2.24) is 0 Å². The molecule has 2 aliphatic rings. The van der Waals surface area contributed by atoms with Crippen LogP contribution in [0.5, 0.6) is 0 Å². The molecular formula is C30H27N. The van der Waals surface area contributed by atoms with Crippen molar-refractivity contribution in [1.29, 1.82) is 0 Å². The Bertz CT molecular complexity index is 1390. The van der Waals surface area contributed by atoms with Crippen molar-refractivity contribution in [3.8, 4) is 33.4 Å². The molecule has 152 valence electrons. The average Bonchev–Trinajstić information content (AvgIpc) is 3.13. The highest BCUT2D eigenvalue weighted by Gasteiger charge is 2.37. The third-order valence-corrected chi connectivity index (χ3v) is 7.62. The van der Waals surface area contributed by atoms with Crippen molar-refractivity contribution < 1.29 is 0 Å². The van der Waals surface area contributed by atoms with E-state index in [-0.39, 0.29) is 10.8 Å². The molecule has 0 atom stereocenters. The summed E-state index contributed by atoms with van der Waals surface area (Å²) in [6.07, 6.45) is 0. The monoisotopic (exact) mass is 401 g/mol. The van der Waals surface area contributed by atoms with E-state index in [1.807, 2.05) is 6.07 Å². The molecule has 0 saturated carbocycles. The van der Waals surface area contributed by atoms with Crippen LogP contribution >= 0.6 is 0 Å². The molecule has 0 heterocycles. The van der Waals surface area contributed by atoms with Crippen molar-refractivity contribution in [2.75, 3.05) is 5.73 Å². The summed E-state index contributed by atoms with van der Waals surface area (Å²) >= 11 is 0. The fourth-order valence-corrected chi connectivity index (χ4v) is 5.82. The lowest BCUT2D eigenvalue weighted by Gasteiger charge is -2.23. The van der Waals surface area contributed by atoms with Crippen LogP contribution in [0.3, 0.4) is 0 Å². The van der Waals surface area contributed by atoms with Gasteiger partial charge in [0.05, 0.1) is 0 Å². The molecule has 0 bridgehead atoms. The molecule has 0 fully saturated rings. The van der Waals surface area contributed by atoms with E-state index in [2.05, 4.69) is 100 Å². The van der Waals surface area contributed by atoms with E-state index in [0.717, 1.165) is 5.69 Å². The van der Waals surface area contributed by atoms with E-state index >= 15 is 0 Å². The third kappa shape index (κ3) is 2.38. The van der Waals surface area contributed by atoms with E-state index in [1.165, 1.54) is 55.6 Å². The maximum Gasteiger partial charge on any atom is 0.0317 e. The first-order chi connectivity index (χ1) is 14.8. The molecule has 0 aromatic heterocycles. The molecule has 0 unspecified atom stereocenters. The first-order valence-corrected chi connectivity index (χ1v) is 11.1. The third-order valence-electron chi connectivity index (χ3n) is 7.62. The van der Waals surface area contributed by atoms with Gasteiger partial charge in [-0.05, 0) is 79.9 Å². The van der Waals surface area contributed by atoms with Crippen molar-refractivity contribution in [3.63, 3.8) is 0 Å². The maximum absolute atomic E-state index is 6.12. The van der Waals surface area contributed by atoms with Crippen molar-refractivity contribution >= 4 is 5.69 Å². The molecule has 31 heavy (non-hydrogen) atoms. The molecule has 2 N–H and O–H groups in total. The second-order valence-electron chi connectivity index (χ2n) is 10.1. The van der Waals surface area contributed by atoms with Gasteiger partial charge in [-0.1, -0.05) is 82.3 Å². The fourth-order valence-electron chi connectivity index (χ4n) is 5.82. The fraction of sp³-hybridized carbons (Fsp3) is 0.200. The second kappa shape index (κ2) is 5.88. The van der Waals surface area contributed by atoms with E-state index < -0.39 is 0 Å². The molecule has 0 spiro atoms. The quantitative estimate of drug-likeness (QED) is 0.327. The van der Waals surface area contributed by atoms with Crippen molar-refractivity contribution in [3.05, 3.63) is 101 Å². The SMILES string of the molecule is CC1(C)c2ccccc2-c2ccc(-c3ccc4c(c3)C(C)(C)c3cc(N)ccc3-4)cc21. The van der Waals surface area contributed by atoms with Gasteiger partial charge in [-0.25, -0.2) is 0 Å². The lowest BCUT2D eigenvalue weighted by molar-refractivity contribution is 0.659. The second-order valence-corrected chi connectivity index (χ2v) is 10.1. The van der Waals surface area contributed by atoms with Gasteiger partial charge in [-0.3, -0.25) is 0 Å². The topological polar surface area (TPSA) is 26.0 Å². The lowest BCUT2D eigenvalue weighted by atomic mass is 9.80. The summed E-state index contributed by atoms with van der Waals surface area (Å²) in [5, 5.41) is 0. The first kappa shape index (κ1) is 18.4. The van der Waals surface area contributed by atoms with Crippen molar-refractivity contribution in [2.24, 2.45) is 0 Å². The number of benzene rings is 4. The number of hydrogen-bond donors (Lipinski definition) is 1. The van der Waals surface area contributed by atoms with Gasteiger partial charge in [-0.15, -0.1) is 0 Å². The molecule has 4 aromatic carbocycles. The predicted molar refractivity (Wildman–Crippen MR) is 131 cm³/mol. The standard InChI is InChI=1S/C30H27N/c1-29(2)25-8-6-5-7-21(25)22-12-9-18(15-26(22)29)19-10-13-23-24-14-11-20(31)17-28(24)30(3,4)27(23)16-19/h5-17H,31H2,1-4H3. The number of nitrogen functional groups attached to an aromatic ring is 1. The molecule has 2 aliphatic carbocycles. The molecule has 1 nitrogen and oxygen atoms in total. The van der Waals surface area contributed by atoms with Gasteiger partial charge in [0.1, 0.15) is 0 Å². The lowest BCUT2D eigenvalue weighted by Crippen LogP contribution is -2.15. The summed E-state index contributed by atoms with van der Waals surface area (Å²) in [7, 11) is 0. The van der Waals surface area contributed by atoms with Gasteiger partial charge < -0.3 is 5.73 Å². The highest BCUT2D eigenvalue weighted by atomic mass is 14.6. The van der Waals surface area contributed by atoms with Crippen LogP contribution in [0.15, 0.2) is 78.9 Å². The average molecular weight is 402 g/mol. The molecule has 0 amide bonds. The van der Waals surface area contributed by atoms with Gasteiger partial charge in [-0.2, -0.15) is 0 Å². The van der Waals surface area contributed by atoms with Gasteiger partial charge in [0, 0.05) is 16.5 Å². The van der Waals surface area contributed by atoms with E-state index in [1.54, 1.807) is 0 Å². The number of rotatable bonds is 1. The maximum atomic E-state index is 6.12. The zero-order valence-electron chi connectivity index (χ0n) is 18.6. The Morgan fingerprint density at radius 3 is 1.55 bits per heavy atom. The van der Waals surface area contributed by atoms with Crippen LogP contribution in [-0.2, 0) is 10.8 Å². The summed E-state index contributed by atoms with van der Waals surface area (Å²) in [5.41, 5.74) is 20.4. The Morgan fingerprint density at radius 1 is 0.484 bits per heavy atom. The van der Waals surface area contributed by atoms with Crippen LogP contribution in [0.4, 0.5) is 5.69 Å². The zero-order valence-corrected chi connectivity index (χ0v) is 18.6. The molecule has 4 aromatic rings. The minimum absolute atomic E-state index is 0.0195.